The normalized spacial score (nSPS) is 11.9. The van der Waals surface area contributed by atoms with Gasteiger partial charge in [-0.1, -0.05) is 60.7 Å². The van der Waals surface area contributed by atoms with Gasteiger partial charge in [-0.3, -0.25) is 9.11 Å². The molecule has 38 heavy (non-hydrogen) atoms. The van der Waals surface area contributed by atoms with Crippen molar-refractivity contribution in [3.8, 4) is 21.3 Å². The van der Waals surface area contributed by atoms with E-state index in [1.165, 1.54) is 0 Å². The predicted molar refractivity (Wildman–Crippen MR) is 154 cm³/mol. The molecule has 0 unspecified atom stereocenters. The van der Waals surface area contributed by atoms with Crippen LogP contribution in [0.2, 0.25) is 0 Å². The number of rotatable bonds is 5. The second-order valence-electron chi connectivity index (χ2n) is 7.86. The average Bonchev–Trinajstić information content (AvgIpc) is 3.35. The number of fused-ring (bicyclic) bond motifs is 6. The van der Waals surface area contributed by atoms with Gasteiger partial charge in [-0.25, -0.2) is 0 Å². The van der Waals surface area contributed by atoms with Crippen LogP contribution in [-0.2, 0) is 20.8 Å². The minimum Gasteiger partial charge on any atom is -0.359 e. The minimum atomic E-state index is -4.95. The van der Waals surface area contributed by atoms with E-state index in [4.69, 9.17) is 8.37 Å². The molecule has 0 aliphatic carbocycles. The van der Waals surface area contributed by atoms with Gasteiger partial charge in [-0.15, -0.1) is 22.7 Å². The fraction of sp³-hybridized carbons (Fsp3) is 0. The molecular formula is C24H14Na2O8S4. The Morgan fingerprint density at radius 1 is 0.553 bits per heavy atom. The van der Waals surface area contributed by atoms with Crippen LogP contribution in [-0.4, -0.2) is 85.1 Å². The van der Waals surface area contributed by atoms with Crippen molar-refractivity contribution in [3.63, 3.8) is 0 Å². The van der Waals surface area contributed by atoms with E-state index in [1.54, 1.807) is 36.4 Å². The van der Waals surface area contributed by atoms with Crippen LogP contribution in [0.25, 0.3) is 51.5 Å². The maximum absolute atomic E-state index is 11.9. The fourth-order valence-electron chi connectivity index (χ4n) is 4.35. The van der Waals surface area contributed by atoms with Gasteiger partial charge in [0.05, 0.1) is 9.75 Å². The molecule has 0 bridgehead atoms. The molecule has 184 valence electrons. The van der Waals surface area contributed by atoms with Crippen molar-refractivity contribution < 1.29 is 34.3 Å². The molecule has 0 aliphatic rings. The first-order valence-electron chi connectivity index (χ1n) is 10.3. The molecule has 6 rings (SSSR count). The molecule has 2 N–H and O–H groups in total. The summed E-state index contributed by atoms with van der Waals surface area (Å²) < 4.78 is 78.3. The molecule has 2 heterocycles. The van der Waals surface area contributed by atoms with Gasteiger partial charge in [0.25, 0.3) is 0 Å². The van der Waals surface area contributed by atoms with Gasteiger partial charge < -0.3 is 8.37 Å². The summed E-state index contributed by atoms with van der Waals surface area (Å²) >= 11 is 2.29. The van der Waals surface area contributed by atoms with E-state index in [1.807, 2.05) is 36.4 Å². The molecule has 0 atom stereocenters. The molecular weight excluding hydrogens is 591 g/mol. The Balaban J connectivity index is 0.00000168. The maximum Gasteiger partial charge on any atom is 0.446 e. The Bertz CT molecular complexity index is 1920. The second kappa shape index (κ2) is 11.0. The number of hydrogen-bond donors (Lipinski definition) is 2. The standard InChI is InChI=1S/C24H14O8S4.2Na/c25-35(26,27)31-21-19-15-7-3-1-5-13(15)9-11-17(19)33-23(21)24-22(32-36(28,29)30)20-16-8-4-2-6-14(16)10-12-18(20)34-24;;/h1-12H,(H,25,26,27)(H,28,29,30);;. The Kier molecular flexibility index (Phi) is 8.57. The van der Waals surface area contributed by atoms with Crippen molar-refractivity contribution in [3.05, 3.63) is 72.8 Å². The van der Waals surface area contributed by atoms with Gasteiger partial charge in [0.15, 0.2) is 11.5 Å². The monoisotopic (exact) mass is 604 g/mol. The largest absolute Gasteiger partial charge is 0.446 e. The Morgan fingerprint density at radius 3 is 1.29 bits per heavy atom. The Hall–Kier alpha value is -1.26. The van der Waals surface area contributed by atoms with Crippen LogP contribution < -0.4 is 8.37 Å². The fourth-order valence-corrected chi connectivity index (χ4v) is 7.62. The molecule has 6 aromatic rings. The average molecular weight is 605 g/mol. The summed E-state index contributed by atoms with van der Waals surface area (Å²) in [5, 5.41) is 3.86. The Labute approximate surface area is 269 Å². The molecule has 0 aliphatic heterocycles. The SMILES string of the molecule is O=S(=O)(O)Oc1c(-c2sc3ccc4ccccc4c3c2OS(=O)(=O)O)sc2ccc3ccccc3c12.[Na].[Na]. The van der Waals surface area contributed by atoms with E-state index in [0.717, 1.165) is 33.4 Å². The van der Waals surface area contributed by atoms with Crippen LogP contribution in [0.15, 0.2) is 72.8 Å². The van der Waals surface area contributed by atoms with Crippen LogP contribution >= 0.6 is 22.7 Å². The van der Waals surface area contributed by atoms with E-state index < -0.39 is 20.8 Å². The van der Waals surface area contributed by atoms with Crippen LogP contribution in [0.3, 0.4) is 0 Å². The van der Waals surface area contributed by atoms with Gasteiger partial charge in [-0.2, -0.15) is 16.8 Å². The number of hydrogen-bond acceptors (Lipinski definition) is 8. The molecule has 0 saturated heterocycles. The first-order chi connectivity index (χ1) is 17.1. The van der Waals surface area contributed by atoms with E-state index in [-0.39, 0.29) is 80.4 Å². The summed E-state index contributed by atoms with van der Waals surface area (Å²) in [7, 11) is -9.90. The zero-order chi connectivity index (χ0) is 25.2. The third-order valence-corrected chi connectivity index (χ3v) is 8.85. The smallest absolute Gasteiger partial charge is 0.359 e. The van der Waals surface area contributed by atoms with Crippen molar-refractivity contribution in [1.82, 2.24) is 0 Å². The van der Waals surface area contributed by atoms with Crippen molar-refractivity contribution in [1.29, 1.82) is 0 Å². The van der Waals surface area contributed by atoms with E-state index in [9.17, 15) is 25.9 Å². The minimum absolute atomic E-state index is 0. The predicted octanol–water partition coefficient (Wildman–Crippen LogP) is 5.69. The molecule has 2 aromatic heterocycles. The molecule has 4 aromatic carbocycles. The summed E-state index contributed by atoms with van der Waals surface area (Å²) in [5.74, 6) is -0.323. The molecule has 0 fully saturated rings. The molecule has 14 heteroatoms. The van der Waals surface area contributed by atoms with Gasteiger partial charge in [0, 0.05) is 79.3 Å². The van der Waals surface area contributed by atoms with E-state index in [0.29, 0.717) is 30.9 Å². The number of benzene rings is 4. The van der Waals surface area contributed by atoms with Crippen LogP contribution in [0, 0.1) is 0 Å². The van der Waals surface area contributed by atoms with Crippen LogP contribution in [0.1, 0.15) is 0 Å². The molecule has 8 nitrogen and oxygen atoms in total. The molecule has 2 radical (unpaired) electrons. The van der Waals surface area contributed by atoms with E-state index >= 15 is 0 Å². The summed E-state index contributed by atoms with van der Waals surface area (Å²) in [6, 6.07) is 21.8. The zero-order valence-corrected chi connectivity index (χ0v) is 27.2. The molecule has 0 saturated carbocycles. The summed E-state index contributed by atoms with van der Waals surface area (Å²) in [6.07, 6.45) is 0. The van der Waals surface area contributed by atoms with Crippen molar-refractivity contribution in [2.24, 2.45) is 0 Å². The second-order valence-corrected chi connectivity index (χ2v) is 12.0. The first-order valence-corrected chi connectivity index (χ1v) is 14.7. The first kappa shape index (κ1) is 29.7. The van der Waals surface area contributed by atoms with Crippen LogP contribution in [0.5, 0.6) is 11.5 Å². The van der Waals surface area contributed by atoms with Crippen molar-refractivity contribution in [2.75, 3.05) is 0 Å². The van der Waals surface area contributed by atoms with Gasteiger partial charge in [0.1, 0.15) is 0 Å². The van der Waals surface area contributed by atoms with Crippen molar-refractivity contribution in [2.45, 2.75) is 0 Å². The molecule has 0 amide bonds. The third-order valence-electron chi connectivity index (χ3n) is 5.66. The summed E-state index contributed by atoms with van der Waals surface area (Å²) in [6.45, 7) is 0. The quantitative estimate of drug-likeness (QED) is 0.190. The van der Waals surface area contributed by atoms with E-state index in [2.05, 4.69) is 0 Å². The van der Waals surface area contributed by atoms with Crippen LogP contribution in [0.4, 0.5) is 0 Å². The zero-order valence-electron chi connectivity index (χ0n) is 19.9. The van der Waals surface area contributed by atoms with Crippen molar-refractivity contribution >= 4 is 144 Å². The topological polar surface area (TPSA) is 127 Å². The van der Waals surface area contributed by atoms with Gasteiger partial charge in [-0.05, 0) is 33.7 Å². The summed E-state index contributed by atoms with van der Waals surface area (Å²) in [4.78, 5) is 0.450. The number of thiophene rings is 2. The Morgan fingerprint density at radius 2 is 0.921 bits per heavy atom. The van der Waals surface area contributed by atoms with Gasteiger partial charge in [0.2, 0.25) is 0 Å². The van der Waals surface area contributed by atoms with Gasteiger partial charge >= 0.3 is 20.8 Å². The third kappa shape index (κ3) is 5.51. The molecule has 0 spiro atoms. The maximum atomic E-state index is 11.9. The summed E-state index contributed by atoms with van der Waals surface area (Å²) in [5.41, 5.74) is 0.